The number of rotatable bonds is 3. The van der Waals surface area contributed by atoms with Crippen molar-refractivity contribution >= 4 is 22.5 Å². The van der Waals surface area contributed by atoms with E-state index >= 15 is 0 Å². The Bertz CT molecular complexity index is 1080. The molecule has 2 heterocycles. The van der Waals surface area contributed by atoms with Gasteiger partial charge in [0.1, 0.15) is 0 Å². The average molecular weight is 331 g/mol. The Morgan fingerprint density at radius 3 is 2.76 bits per heavy atom. The number of hydrogen-bond acceptors (Lipinski definition) is 3. The van der Waals surface area contributed by atoms with Gasteiger partial charge in [-0.1, -0.05) is 24.3 Å². The molecule has 0 radical (unpaired) electrons. The molecule has 1 amide bonds. The first-order valence-corrected chi connectivity index (χ1v) is 7.99. The highest BCUT2D eigenvalue weighted by molar-refractivity contribution is 6.12. The van der Waals surface area contributed by atoms with E-state index in [4.69, 9.17) is 0 Å². The molecule has 6 nitrogen and oxygen atoms in total. The van der Waals surface area contributed by atoms with Crippen LogP contribution in [0.25, 0.3) is 16.6 Å². The zero-order chi connectivity index (χ0) is 17.4. The van der Waals surface area contributed by atoms with Gasteiger partial charge in [0.2, 0.25) is 0 Å². The summed E-state index contributed by atoms with van der Waals surface area (Å²) >= 11 is 0. The molecule has 0 aliphatic heterocycles. The molecule has 0 aliphatic carbocycles. The fourth-order valence-corrected chi connectivity index (χ4v) is 2.98. The van der Waals surface area contributed by atoms with E-state index in [-0.39, 0.29) is 5.91 Å². The molecule has 2 aromatic carbocycles. The van der Waals surface area contributed by atoms with Crippen LogP contribution in [-0.4, -0.2) is 25.9 Å². The number of hydrogen-bond donors (Lipinski definition) is 2. The maximum Gasteiger partial charge on any atom is 0.257 e. The van der Waals surface area contributed by atoms with Crippen molar-refractivity contribution < 1.29 is 4.79 Å². The normalized spacial score (nSPS) is 11.0. The molecule has 0 bridgehead atoms. The van der Waals surface area contributed by atoms with Crippen LogP contribution in [0.3, 0.4) is 0 Å². The Balaban J connectivity index is 1.73. The standard InChI is InChI=1S/C19H17N5O/c1-12-10-13(2)24(23-12)17-9-4-3-8-16(17)21-19(25)15-7-5-6-14-11-20-22-18(14)15/h3-11H,1-2H3,(H,20,22)(H,21,25). The summed E-state index contributed by atoms with van der Waals surface area (Å²) in [5, 5.41) is 15.3. The predicted molar refractivity (Wildman–Crippen MR) is 97.1 cm³/mol. The fourth-order valence-electron chi connectivity index (χ4n) is 2.98. The minimum atomic E-state index is -0.191. The molecular weight excluding hydrogens is 314 g/mol. The second kappa shape index (κ2) is 5.90. The number of H-pyrrole nitrogens is 1. The summed E-state index contributed by atoms with van der Waals surface area (Å²) in [6.07, 6.45) is 1.70. The van der Waals surface area contributed by atoms with Crippen LogP contribution in [0.1, 0.15) is 21.7 Å². The summed E-state index contributed by atoms with van der Waals surface area (Å²) in [7, 11) is 0. The fraction of sp³-hybridized carbons (Fsp3) is 0.105. The number of nitrogens with zero attached hydrogens (tertiary/aromatic N) is 3. The van der Waals surface area contributed by atoms with Gasteiger partial charge in [-0.3, -0.25) is 9.89 Å². The SMILES string of the molecule is Cc1cc(C)n(-c2ccccc2NC(=O)c2cccc3cn[nH]c23)n1. The number of para-hydroxylation sites is 3. The molecule has 0 fully saturated rings. The van der Waals surface area contributed by atoms with Crippen LogP contribution in [0.4, 0.5) is 5.69 Å². The number of aromatic nitrogens is 4. The van der Waals surface area contributed by atoms with Crippen LogP contribution in [0, 0.1) is 13.8 Å². The Labute approximate surface area is 144 Å². The zero-order valence-electron chi connectivity index (χ0n) is 13.9. The van der Waals surface area contributed by atoms with E-state index in [9.17, 15) is 4.79 Å². The predicted octanol–water partition coefficient (Wildman–Crippen LogP) is 3.62. The third-order valence-electron chi connectivity index (χ3n) is 4.11. The van der Waals surface area contributed by atoms with Crippen LogP contribution in [0.2, 0.25) is 0 Å². The molecule has 0 saturated carbocycles. The smallest absolute Gasteiger partial charge is 0.257 e. The first kappa shape index (κ1) is 15.1. The van der Waals surface area contributed by atoms with E-state index in [1.165, 1.54) is 0 Å². The molecule has 0 atom stereocenters. The van der Waals surface area contributed by atoms with Gasteiger partial charge < -0.3 is 5.32 Å². The number of aromatic amines is 1. The summed E-state index contributed by atoms with van der Waals surface area (Å²) in [5.74, 6) is -0.191. The van der Waals surface area contributed by atoms with Gasteiger partial charge >= 0.3 is 0 Å². The number of benzene rings is 2. The monoisotopic (exact) mass is 331 g/mol. The van der Waals surface area contributed by atoms with E-state index in [2.05, 4.69) is 20.6 Å². The van der Waals surface area contributed by atoms with Crippen LogP contribution in [0.5, 0.6) is 0 Å². The molecule has 124 valence electrons. The maximum absolute atomic E-state index is 12.8. The number of amides is 1. The summed E-state index contributed by atoms with van der Waals surface area (Å²) < 4.78 is 1.84. The van der Waals surface area contributed by atoms with Crippen molar-refractivity contribution in [1.82, 2.24) is 20.0 Å². The molecule has 0 spiro atoms. The third-order valence-corrected chi connectivity index (χ3v) is 4.11. The molecule has 2 aromatic heterocycles. The highest BCUT2D eigenvalue weighted by Gasteiger charge is 2.15. The van der Waals surface area contributed by atoms with Gasteiger partial charge in [-0.25, -0.2) is 4.68 Å². The van der Waals surface area contributed by atoms with Gasteiger partial charge in [0.25, 0.3) is 5.91 Å². The Hall–Kier alpha value is -3.41. The van der Waals surface area contributed by atoms with Crippen molar-refractivity contribution in [2.75, 3.05) is 5.32 Å². The molecule has 0 saturated heterocycles. The summed E-state index contributed by atoms with van der Waals surface area (Å²) in [6.45, 7) is 3.94. The van der Waals surface area contributed by atoms with Crippen LogP contribution in [-0.2, 0) is 0 Å². The number of nitrogens with one attached hydrogen (secondary N) is 2. The zero-order valence-corrected chi connectivity index (χ0v) is 13.9. The quantitative estimate of drug-likeness (QED) is 0.602. The van der Waals surface area contributed by atoms with Crippen molar-refractivity contribution in [2.24, 2.45) is 0 Å². The minimum absolute atomic E-state index is 0.191. The van der Waals surface area contributed by atoms with E-state index in [1.54, 1.807) is 12.3 Å². The Morgan fingerprint density at radius 2 is 1.96 bits per heavy atom. The second-order valence-electron chi connectivity index (χ2n) is 5.95. The van der Waals surface area contributed by atoms with Gasteiger partial charge in [0.15, 0.2) is 0 Å². The van der Waals surface area contributed by atoms with E-state index < -0.39 is 0 Å². The molecule has 2 N–H and O–H groups in total. The van der Waals surface area contributed by atoms with Crippen LogP contribution < -0.4 is 5.32 Å². The lowest BCUT2D eigenvalue weighted by Crippen LogP contribution is -2.15. The molecule has 25 heavy (non-hydrogen) atoms. The Morgan fingerprint density at radius 1 is 1.12 bits per heavy atom. The van der Waals surface area contributed by atoms with Gasteiger partial charge in [0.05, 0.1) is 34.3 Å². The van der Waals surface area contributed by atoms with Crippen molar-refractivity contribution in [2.45, 2.75) is 13.8 Å². The van der Waals surface area contributed by atoms with E-state index in [0.29, 0.717) is 11.3 Å². The lowest BCUT2D eigenvalue weighted by Gasteiger charge is -2.12. The molecule has 6 heteroatoms. The number of anilines is 1. The first-order chi connectivity index (χ1) is 12.1. The van der Waals surface area contributed by atoms with E-state index in [1.807, 2.05) is 61.0 Å². The molecule has 4 aromatic rings. The molecule has 4 rings (SSSR count). The van der Waals surface area contributed by atoms with Crippen molar-refractivity contribution in [1.29, 1.82) is 0 Å². The minimum Gasteiger partial charge on any atom is -0.320 e. The van der Waals surface area contributed by atoms with Crippen molar-refractivity contribution in [3.63, 3.8) is 0 Å². The van der Waals surface area contributed by atoms with Gasteiger partial charge in [-0.05, 0) is 38.1 Å². The Kier molecular flexibility index (Phi) is 3.57. The van der Waals surface area contributed by atoms with Crippen molar-refractivity contribution in [3.05, 3.63) is 71.7 Å². The van der Waals surface area contributed by atoms with Gasteiger partial charge in [-0.15, -0.1) is 0 Å². The largest absolute Gasteiger partial charge is 0.320 e. The number of carbonyl (C=O) groups excluding carboxylic acids is 1. The van der Waals surface area contributed by atoms with Crippen LogP contribution >= 0.6 is 0 Å². The number of aryl methyl sites for hydroxylation is 2. The lowest BCUT2D eigenvalue weighted by molar-refractivity contribution is 0.102. The van der Waals surface area contributed by atoms with Crippen molar-refractivity contribution in [3.8, 4) is 5.69 Å². The summed E-state index contributed by atoms with van der Waals surface area (Å²) in [4.78, 5) is 12.8. The number of carbonyl (C=O) groups is 1. The second-order valence-corrected chi connectivity index (χ2v) is 5.95. The first-order valence-electron chi connectivity index (χ1n) is 7.99. The summed E-state index contributed by atoms with van der Waals surface area (Å²) in [6, 6.07) is 15.2. The molecule has 0 aliphatic rings. The summed E-state index contributed by atoms with van der Waals surface area (Å²) in [5.41, 5.74) is 4.76. The lowest BCUT2D eigenvalue weighted by atomic mass is 10.1. The van der Waals surface area contributed by atoms with Gasteiger partial charge in [0, 0.05) is 11.1 Å². The molecule has 0 unspecified atom stereocenters. The molecular formula is C19H17N5O. The maximum atomic E-state index is 12.8. The third kappa shape index (κ3) is 2.67. The van der Waals surface area contributed by atoms with Crippen LogP contribution in [0.15, 0.2) is 54.7 Å². The topological polar surface area (TPSA) is 75.6 Å². The van der Waals surface area contributed by atoms with E-state index in [0.717, 1.165) is 28.0 Å². The highest BCUT2D eigenvalue weighted by atomic mass is 16.1. The average Bonchev–Trinajstić information content (AvgIpc) is 3.21. The number of fused-ring (bicyclic) bond motifs is 1. The highest BCUT2D eigenvalue weighted by Crippen LogP contribution is 2.23. The van der Waals surface area contributed by atoms with Gasteiger partial charge in [-0.2, -0.15) is 10.2 Å².